The highest BCUT2D eigenvalue weighted by molar-refractivity contribution is 5.82. The summed E-state index contributed by atoms with van der Waals surface area (Å²) in [5, 5.41) is 13.3. The summed E-state index contributed by atoms with van der Waals surface area (Å²) >= 11 is 0. The Bertz CT molecular complexity index is 694. The van der Waals surface area contributed by atoms with Gasteiger partial charge in [-0.05, 0) is 12.1 Å². The van der Waals surface area contributed by atoms with E-state index in [0.29, 0.717) is 6.42 Å². The van der Waals surface area contributed by atoms with Crippen LogP contribution in [0.3, 0.4) is 0 Å². The van der Waals surface area contributed by atoms with Crippen molar-refractivity contribution in [3.05, 3.63) is 40.2 Å². The molecule has 2 atom stereocenters. The van der Waals surface area contributed by atoms with Crippen LogP contribution in [-0.2, 0) is 18.4 Å². The average molecular weight is 274 g/mol. The number of nitrogens with zero attached hydrogens (tertiary/aromatic N) is 3. The zero-order valence-corrected chi connectivity index (χ0v) is 10.9. The number of carbonyl (C=O) groups excluding carboxylic acids is 1. The highest BCUT2D eigenvalue weighted by atomic mass is 16.6. The summed E-state index contributed by atoms with van der Waals surface area (Å²) in [6.45, 7) is 0.283. The Hall–Kier alpha value is -2.44. The van der Waals surface area contributed by atoms with E-state index in [1.165, 1.54) is 0 Å². The van der Waals surface area contributed by atoms with Crippen LogP contribution in [0.2, 0.25) is 0 Å². The summed E-state index contributed by atoms with van der Waals surface area (Å²) in [7, 11) is 1.88. The summed E-state index contributed by atoms with van der Waals surface area (Å²) in [4.78, 5) is 26.3. The highest BCUT2D eigenvalue weighted by Crippen LogP contribution is 2.33. The number of hydrogen-bond donors (Lipinski definition) is 1. The molecule has 0 bridgehead atoms. The number of fused-ring (bicyclic) bond motifs is 1. The molecule has 7 nitrogen and oxygen atoms in total. The van der Waals surface area contributed by atoms with Gasteiger partial charge in [-0.2, -0.15) is 0 Å². The lowest BCUT2D eigenvalue weighted by Gasteiger charge is -2.04. The fourth-order valence-electron chi connectivity index (χ4n) is 2.35. The number of carbonyl (C=O) groups is 1. The van der Waals surface area contributed by atoms with Crippen LogP contribution < -0.4 is 5.32 Å². The maximum Gasteiger partial charge on any atom is 0.230 e. The molecule has 1 aliphatic carbocycles. The first-order chi connectivity index (χ1) is 9.58. The minimum Gasteiger partial charge on any atom is -0.348 e. The normalized spacial score (nSPS) is 20.9. The van der Waals surface area contributed by atoms with Gasteiger partial charge in [0.05, 0.1) is 17.6 Å². The maximum atomic E-state index is 11.8. The molecule has 0 spiro atoms. The van der Waals surface area contributed by atoms with Crippen molar-refractivity contribution in [1.29, 1.82) is 0 Å². The number of nitrogens with one attached hydrogen (secondary N) is 1. The van der Waals surface area contributed by atoms with E-state index in [-0.39, 0.29) is 17.4 Å². The van der Waals surface area contributed by atoms with E-state index < -0.39 is 12.0 Å². The Morgan fingerprint density at radius 3 is 2.95 bits per heavy atom. The van der Waals surface area contributed by atoms with Crippen molar-refractivity contribution in [2.75, 3.05) is 0 Å². The predicted octanol–water partition coefficient (Wildman–Crippen LogP) is 0.855. The largest absolute Gasteiger partial charge is 0.348 e. The smallest absolute Gasteiger partial charge is 0.230 e. The van der Waals surface area contributed by atoms with Gasteiger partial charge in [0.1, 0.15) is 11.7 Å². The van der Waals surface area contributed by atoms with E-state index in [4.69, 9.17) is 0 Å². The lowest BCUT2D eigenvalue weighted by atomic mass is 10.3. The molecule has 1 aromatic carbocycles. The molecule has 1 amide bonds. The summed E-state index contributed by atoms with van der Waals surface area (Å²) in [6.07, 6.45) is 0.335. The van der Waals surface area contributed by atoms with Crippen molar-refractivity contribution in [1.82, 2.24) is 14.9 Å². The third-order valence-corrected chi connectivity index (χ3v) is 3.66. The molecule has 0 radical (unpaired) electrons. The SMILES string of the molecule is Cn1c(CNC(=O)[C@@H]2C[C@@H]2[N+](=O)[O-])nc2ccccc21. The number of para-hydroxylation sites is 2. The van der Waals surface area contributed by atoms with Crippen molar-refractivity contribution in [2.45, 2.75) is 19.0 Å². The molecule has 1 fully saturated rings. The maximum absolute atomic E-state index is 11.8. The zero-order valence-electron chi connectivity index (χ0n) is 10.9. The van der Waals surface area contributed by atoms with Crippen LogP contribution in [0.15, 0.2) is 24.3 Å². The van der Waals surface area contributed by atoms with Gasteiger partial charge in [-0.25, -0.2) is 4.98 Å². The van der Waals surface area contributed by atoms with Gasteiger partial charge in [0.15, 0.2) is 0 Å². The number of rotatable bonds is 4. The molecule has 7 heteroatoms. The van der Waals surface area contributed by atoms with Gasteiger partial charge in [0.2, 0.25) is 11.9 Å². The molecule has 1 heterocycles. The van der Waals surface area contributed by atoms with Crippen molar-refractivity contribution < 1.29 is 9.72 Å². The van der Waals surface area contributed by atoms with Crippen molar-refractivity contribution >= 4 is 16.9 Å². The van der Waals surface area contributed by atoms with E-state index >= 15 is 0 Å². The monoisotopic (exact) mass is 274 g/mol. The first-order valence-corrected chi connectivity index (χ1v) is 6.39. The zero-order chi connectivity index (χ0) is 14.3. The predicted molar refractivity (Wildman–Crippen MR) is 71.5 cm³/mol. The van der Waals surface area contributed by atoms with Crippen LogP contribution in [0, 0.1) is 16.0 Å². The lowest BCUT2D eigenvalue weighted by molar-refractivity contribution is -0.497. The first-order valence-electron chi connectivity index (χ1n) is 6.39. The van der Waals surface area contributed by atoms with Crippen molar-refractivity contribution in [2.24, 2.45) is 13.0 Å². The third-order valence-electron chi connectivity index (χ3n) is 3.66. The molecule has 3 rings (SSSR count). The third kappa shape index (κ3) is 2.11. The van der Waals surface area contributed by atoms with Crippen LogP contribution in [0.4, 0.5) is 0 Å². The first kappa shape index (κ1) is 12.6. The summed E-state index contributed by atoms with van der Waals surface area (Å²) in [5.74, 6) is -0.0173. The molecule has 0 aliphatic heterocycles. The number of benzene rings is 1. The number of aryl methyl sites for hydroxylation is 1. The Balaban J connectivity index is 1.67. The van der Waals surface area contributed by atoms with Crippen molar-refractivity contribution in [3.8, 4) is 0 Å². The Morgan fingerprint density at radius 2 is 2.30 bits per heavy atom. The van der Waals surface area contributed by atoms with Gasteiger partial charge in [0.25, 0.3) is 0 Å². The minimum atomic E-state index is -0.713. The van der Waals surface area contributed by atoms with Crippen LogP contribution in [0.5, 0.6) is 0 Å². The van der Waals surface area contributed by atoms with Gasteiger partial charge in [-0.1, -0.05) is 12.1 Å². The fourth-order valence-corrected chi connectivity index (χ4v) is 2.35. The quantitative estimate of drug-likeness (QED) is 0.661. The van der Waals surface area contributed by atoms with E-state index in [9.17, 15) is 14.9 Å². The average Bonchev–Trinajstić information content (AvgIpc) is 3.18. The second-order valence-corrected chi connectivity index (χ2v) is 4.99. The molecule has 1 aliphatic rings. The van der Waals surface area contributed by atoms with Gasteiger partial charge >= 0.3 is 0 Å². The van der Waals surface area contributed by atoms with Gasteiger partial charge < -0.3 is 9.88 Å². The van der Waals surface area contributed by atoms with Crippen LogP contribution in [0.1, 0.15) is 12.2 Å². The Labute approximate surface area is 114 Å². The number of aromatic nitrogens is 2. The van der Waals surface area contributed by atoms with Gasteiger partial charge in [0, 0.05) is 18.4 Å². The molecule has 20 heavy (non-hydrogen) atoms. The van der Waals surface area contributed by atoms with E-state index in [0.717, 1.165) is 16.9 Å². The summed E-state index contributed by atoms with van der Waals surface area (Å²) < 4.78 is 1.91. The number of hydrogen-bond acceptors (Lipinski definition) is 4. The Kier molecular flexibility index (Phi) is 2.89. The summed E-state index contributed by atoms with van der Waals surface area (Å²) in [5.41, 5.74) is 1.86. The van der Waals surface area contributed by atoms with Gasteiger partial charge in [-0.3, -0.25) is 14.9 Å². The lowest BCUT2D eigenvalue weighted by Crippen LogP contribution is -2.27. The minimum absolute atomic E-state index is 0.265. The Morgan fingerprint density at radius 1 is 1.55 bits per heavy atom. The molecule has 2 aromatic rings. The second-order valence-electron chi connectivity index (χ2n) is 4.99. The van der Waals surface area contributed by atoms with Gasteiger partial charge in [-0.15, -0.1) is 0 Å². The molecule has 1 aromatic heterocycles. The molecule has 0 saturated heterocycles. The molecular formula is C13H14N4O3. The molecule has 1 N–H and O–H groups in total. The molecular weight excluding hydrogens is 260 g/mol. The van der Waals surface area contributed by atoms with Crippen LogP contribution >= 0.6 is 0 Å². The van der Waals surface area contributed by atoms with E-state index in [2.05, 4.69) is 10.3 Å². The number of imidazole rings is 1. The molecule has 104 valence electrons. The topological polar surface area (TPSA) is 90.1 Å². The highest BCUT2D eigenvalue weighted by Gasteiger charge is 2.53. The van der Waals surface area contributed by atoms with E-state index in [1.807, 2.05) is 35.9 Å². The molecule has 0 unspecified atom stereocenters. The molecule has 1 saturated carbocycles. The van der Waals surface area contributed by atoms with E-state index in [1.54, 1.807) is 0 Å². The summed E-state index contributed by atoms with van der Waals surface area (Å²) in [6, 6.07) is 6.99. The number of amides is 1. The van der Waals surface area contributed by atoms with Crippen molar-refractivity contribution in [3.63, 3.8) is 0 Å². The van der Waals surface area contributed by atoms with Crippen LogP contribution in [0.25, 0.3) is 11.0 Å². The standard InChI is InChI=1S/C13H14N4O3/c1-16-10-5-3-2-4-9(10)15-12(16)7-14-13(18)8-6-11(8)17(19)20/h2-5,8,11H,6-7H2,1H3,(H,14,18)/t8-,11+/m1/s1. The van der Waals surface area contributed by atoms with Crippen LogP contribution in [-0.4, -0.2) is 26.4 Å². The fraction of sp³-hybridized carbons (Fsp3) is 0.385. The number of nitro groups is 1. The second kappa shape index (κ2) is 4.59.